The molecular formula is C27H45BN6O3. The molecule has 0 saturated carbocycles. The van der Waals surface area contributed by atoms with E-state index < -0.39 is 7.32 Å². The van der Waals surface area contributed by atoms with Gasteiger partial charge in [-0.2, -0.15) is 0 Å². The molecule has 3 heterocycles. The highest BCUT2D eigenvalue weighted by atomic mass is 16.9. The fraction of sp³-hybridized carbons (Fsp3) is 0.667. The monoisotopic (exact) mass is 512 g/mol. The lowest BCUT2D eigenvalue weighted by molar-refractivity contribution is 0.0390. The van der Waals surface area contributed by atoms with Crippen LogP contribution < -0.4 is 14.3 Å². The van der Waals surface area contributed by atoms with Crippen LogP contribution in [0.1, 0.15) is 152 Å². The summed E-state index contributed by atoms with van der Waals surface area (Å²) in [6, 6.07) is 0. The van der Waals surface area contributed by atoms with Crippen molar-refractivity contribution in [3.05, 3.63) is 52.4 Å². The number of aromatic nitrogens is 6. The van der Waals surface area contributed by atoms with Crippen LogP contribution in [0.4, 0.5) is 0 Å². The van der Waals surface area contributed by atoms with E-state index in [2.05, 4.69) is 98.4 Å². The molecule has 0 aliphatic heterocycles. The van der Waals surface area contributed by atoms with Gasteiger partial charge in [0.1, 0.15) is 0 Å². The van der Waals surface area contributed by atoms with Gasteiger partial charge in [-0.1, -0.05) is 83.1 Å². The summed E-state index contributed by atoms with van der Waals surface area (Å²) in [5.74, 6) is 1.67. The molecule has 204 valence electrons. The van der Waals surface area contributed by atoms with Gasteiger partial charge in [-0.05, 0) is 52.2 Å². The maximum absolute atomic E-state index is 6.12. The fourth-order valence-electron chi connectivity index (χ4n) is 4.30. The Morgan fingerprint density at radius 3 is 0.865 bits per heavy atom. The lowest BCUT2D eigenvalue weighted by Crippen LogP contribution is -2.49. The maximum atomic E-state index is 6.12. The SMILES string of the molecule is CC(C)c1cn(OB(On2cc(C(C)C)c(C(C)C)n2)On2cc(C(C)C)c(C(C)C)n2)nc1C(C)C. The summed E-state index contributed by atoms with van der Waals surface area (Å²) < 4.78 is 18.4. The van der Waals surface area contributed by atoms with Gasteiger partial charge < -0.3 is 14.3 Å². The number of hydrogen-bond donors (Lipinski definition) is 0. The van der Waals surface area contributed by atoms with Gasteiger partial charge in [0.05, 0.1) is 35.7 Å². The molecule has 0 bridgehead atoms. The fourth-order valence-corrected chi connectivity index (χ4v) is 4.30. The molecule has 0 radical (unpaired) electrons. The zero-order chi connectivity index (χ0) is 27.6. The molecule has 0 amide bonds. The van der Waals surface area contributed by atoms with Crippen molar-refractivity contribution in [1.29, 1.82) is 0 Å². The van der Waals surface area contributed by atoms with Gasteiger partial charge in [0, 0.05) is 0 Å². The van der Waals surface area contributed by atoms with Gasteiger partial charge in [0.2, 0.25) is 0 Å². The van der Waals surface area contributed by atoms with E-state index >= 15 is 0 Å². The largest absolute Gasteiger partial charge is 0.929 e. The van der Waals surface area contributed by atoms with Crippen molar-refractivity contribution >= 4 is 7.32 Å². The highest BCUT2D eigenvalue weighted by Crippen LogP contribution is 2.26. The summed E-state index contributed by atoms with van der Waals surface area (Å²) in [4.78, 5) is 4.30. The Hall–Kier alpha value is -2.91. The third kappa shape index (κ3) is 6.70. The first-order chi connectivity index (χ1) is 17.3. The Morgan fingerprint density at radius 2 is 0.703 bits per heavy atom. The van der Waals surface area contributed by atoms with Crippen LogP contribution in [0.2, 0.25) is 0 Å². The molecule has 3 rings (SSSR count). The van der Waals surface area contributed by atoms with Crippen LogP contribution in [0.5, 0.6) is 0 Å². The topological polar surface area (TPSA) is 81.1 Å². The van der Waals surface area contributed by atoms with Gasteiger partial charge in [0.15, 0.2) is 0 Å². The summed E-state index contributed by atoms with van der Waals surface area (Å²) >= 11 is 0. The second kappa shape index (κ2) is 11.6. The molecule has 3 aromatic rings. The highest BCUT2D eigenvalue weighted by molar-refractivity contribution is 6.37. The normalized spacial score (nSPS) is 12.2. The van der Waals surface area contributed by atoms with Crippen LogP contribution in [0.15, 0.2) is 18.6 Å². The van der Waals surface area contributed by atoms with E-state index in [1.807, 2.05) is 18.6 Å². The van der Waals surface area contributed by atoms with Crippen LogP contribution >= 0.6 is 0 Å². The highest BCUT2D eigenvalue weighted by Gasteiger charge is 2.36. The zero-order valence-corrected chi connectivity index (χ0v) is 24.7. The van der Waals surface area contributed by atoms with Crippen LogP contribution in [-0.2, 0) is 0 Å². The van der Waals surface area contributed by atoms with Crippen LogP contribution in [-0.4, -0.2) is 37.2 Å². The average Bonchev–Trinajstić information content (AvgIpc) is 3.50. The molecule has 0 saturated heterocycles. The number of nitrogens with zero attached hydrogens (tertiary/aromatic N) is 6. The smallest absolute Gasteiger partial charge is 0.380 e. The Labute approximate surface area is 222 Å². The number of hydrogen-bond acceptors (Lipinski definition) is 6. The molecule has 10 heteroatoms. The summed E-state index contributed by atoms with van der Waals surface area (Å²) in [6.45, 7) is 25.6. The molecule has 0 fully saturated rings. The zero-order valence-electron chi connectivity index (χ0n) is 24.7. The van der Waals surface area contributed by atoms with Crippen molar-refractivity contribution in [2.24, 2.45) is 0 Å². The van der Waals surface area contributed by atoms with Crippen LogP contribution in [0.25, 0.3) is 0 Å². The third-order valence-corrected chi connectivity index (χ3v) is 6.34. The molecule has 0 aliphatic rings. The van der Waals surface area contributed by atoms with Crippen LogP contribution in [0, 0.1) is 0 Å². The molecule has 0 aromatic carbocycles. The van der Waals surface area contributed by atoms with E-state index in [9.17, 15) is 0 Å². The maximum Gasteiger partial charge on any atom is 0.929 e. The molecular weight excluding hydrogens is 467 g/mol. The van der Waals surface area contributed by atoms with Crippen molar-refractivity contribution in [1.82, 2.24) is 29.8 Å². The van der Waals surface area contributed by atoms with Crippen molar-refractivity contribution in [2.45, 2.75) is 119 Å². The summed E-state index contributed by atoms with van der Waals surface area (Å²) in [6.07, 6.45) is 5.68. The van der Waals surface area contributed by atoms with Gasteiger partial charge in [-0.15, -0.1) is 29.8 Å². The lowest BCUT2D eigenvalue weighted by Gasteiger charge is -2.14. The Morgan fingerprint density at radius 1 is 0.459 bits per heavy atom. The molecule has 0 unspecified atom stereocenters. The Bertz CT molecular complexity index is 940. The van der Waals surface area contributed by atoms with Gasteiger partial charge in [0.25, 0.3) is 0 Å². The quantitative estimate of drug-likeness (QED) is 0.290. The lowest BCUT2D eigenvalue weighted by atomic mass is 9.98. The minimum atomic E-state index is -1.19. The molecule has 0 atom stereocenters. The first-order valence-electron chi connectivity index (χ1n) is 13.6. The molecule has 3 aromatic heterocycles. The molecule has 37 heavy (non-hydrogen) atoms. The summed E-state index contributed by atoms with van der Waals surface area (Å²) in [5, 5.41) is 14.1. The van der Waals surface area contributed by atoms with Gasteiger partial charge >= 0.3 is 7.32 Å². The minimum absolute atomic E-state index is 0.254. The molecule has 0 spiro atoms. The predicted molar refractivity (Wildman–Crippen MR) is 147 cm³/mol. The second-order valence-corrected chi connectivity index (χ2v) is 11.6. The van der Waals surface area contributed by atoms with E-state index in [-0.39, 0.29) is 17.8 Å². The standard InChI is InChI=1S/C27H45BN6O3/c1-16(2)22-13-32(29-25(22)19(7)8)35-28(36-33-14-23(17(3)4)26(30-33)20(9)10)37-34-15-24(18(5)6)27(31-34)21(11)12/h13-21H,1-12H3. The summed E-state index contributed by atoms with van der Waals surface area (Å²) in [5.41, 5.74) is 6.34. The van der Waals surface area contributed by atoms with Crippen molar-refractivity contribution in [3.8, 4) is 0 Å². The molecule has 0 aliphatic carbocycles. The van der Waals surface area contributed by atoms with Crippen molar-refractivity contribution in [3.63, 3.8) is 0 Å². The van der Waals surface area contributed by atoms with Crippen molar-refractivity contribution in [2.75, 3.05) is 0 Å². The Balaban J connectivity index is 1.98. The van der Waals surface area contributed by atoms with Gasteiger partial charge in [-0.25, -0.2) is 0 Å². The van der Waals surface area contributed by atoms with E-state index in [0.717, 1.165) is 33.8 Å². The predicted octanol–water partition coefficient (Wildman–Crippen LogP) is 5.69. The second-order valence-electron chi connectivity index (χ2n) is 11.6. The number of rotatable bonds is 12. The van der Waals surface area contributed by atoms with E-state index in [0.29, 0.717) is 17.8 Å². The molecule has 9 nitrogen and oxygen atoms in total. The summed E-state index contributed by atoms with van der Waals surface area (Å²) in [7, 11) is -1.19. The van der Waals surface area contributed by atoms with E-state index in [4.69, 9.17) is 14.3 Å². The third-order valence-electron chi connectivity index (χ3n) is 6.34. The minimum Gasteiger partial charge on any atom is -0.380 e. The average molecular weight is 513 g/mol. The first-order valence-corrected chi connectivity index (χ1v) is 13.6. The van der Waals surface area contributed by atoms with E-state index in [1.54, 1.807) is 0 Å². The van der Waals surface area contributed by atoms with Crippen molar-refractivity contribution < 1.29 is 14.3 Å². The Kier molecular flexibility index (Phi) is 9.02. The molecule has 0 N–H and O–H groups in total. The first kappa shape index (κ1) is 28.7. The van der Waals surface area contributed by atoms with E-state index in [1.165, 1.54) is 14.5 Å². The van der Waals surface area contributed by atoms with Gasteiger partial charge in [-0.3, -0.25) is 0 Å². The van der Waals surface area contributed by atoms with Crippen LogP contribution in [0.3, 0.4) is 0 Å².